The van der Waals surface area contributed by atoms with Crippen LogP contribution in [-0.2, 0) is 10.1 Å². The number of nitrogens with two attached hydrogens (primary N) is 1. The van der Waals surface area contributed by atoms with Crippen molar-refractivity contribution in [2.45, 2.75) is 4.90 Å². The number of hydrogen-bond donors (Lipinski definition) is 2. The quantitative estimate of drug-likeness (QED) is 0.530. The molecule has 1 aromatic rings. The van der Waals surface area contributed by atoms with E-state index in [0.717, 1.165) is 6.07 Å². The van der Waals surface area contributed by atoms with Gasteiger partial charge in [0.15, 0.2) is 0 Å². The summed E-state index contributed by atoms with van der Waals surface area (Å²) in [6.45, 7) is 0. The van der Waals surface area contributed by atoms with Crippen LogP contribution in [0.2, 0.25) is 5.02 Å². The molecular formula is C6H5ClNO3S. The third-order valence-corrected chi connectivity index (χ3v) is 2.10. The van der Waals surface area contributed by atoms with Crippen molar-refractivity contribution in [3.63, 3.8) is 0 Å². The molecule has 3 N–H and O–H groups in total. The highest BCUT2D eigenvalue weighted by atomic mass is 35.5. The first kappa shape index (κ1) is 9.31. The predicted molar refractivity (Wildman–Crippen MR) is 44.5 cm³/mol. The topological polar surface area (TPSA) is 80.4 Å². The summed E-state index contributed by atoms with van der Waals surface area (Å²) in [7, 11) is -4.27. The Morgan fingerprint density at radius 1 is 1.50 bits per heavy atom. The Morgan fingerprint density at radius 3 is 2.50 bits per heavy atom. The molecular weight excluding hydrogens is 202 g/mol. The normalized spacial score (nSPS) is 11.5. The summed E-state index contributed by atoms with van der Waals surface area (Å²) in [6, 6.07) is 4.64. The second-order valence-corrected chi connectivity index (χ2v) is 3.92. The molecule has 4 nitrogen and oxygen atoms in total. The van der Waals surface area contributed by atoms with Gasteiger partial charge in [-0.15, -0.1) is 0 Å². The summed E-state index contributed by atoms with van der Waals surface area (Å²) >= 11 is 5.48. The Morgan fingerprint density at radius 2 is 2.08 bits per heavy atom. The van der Waals surface area contributed by atoms with E-state index in [-0.39, 0.29) is 10.7 Å². The van der Waals surface area contributed by atoms with Crippen molar-refractivity contribution in [1.82, 2.24) is 0 Å². The van der Waals surface area contributed by atoms with Crippen molar-refractivity contribution >= 4 is 27.4 Å². The number of rotatable bonds is 1. The molecule has 0 fully saturated rings. The molecule has 0 atom stereocenters. The molecule has 0 unspecified atom stereocenters. The molecule has 65 valence electrons. The summed E-state index contributed by atoms with van der Waals surface area (Å²) in [5, 5.41) is 0.138. The van der Waals surface area contributed by atoms with Crippen LogP contribution in [0.4, 0.5) is 5.69 Å². The minimum absolute atomic E-state index is 0.0649. The van der Waals surface area contributed by atoms with E-state index < -0.39 is 15.0 Å². The van der Waals surface area contributed by atoms with Gasteiger partial charge < -0.3 is 5.73 Å². The number of anilines is 1. The summed E-state index contributed by atoms with van der Waals surface area (Å²) in [6.07, 6.45) is 0. The van der Waals surface area contributed by atoms with Crippen LogP contribution in [0.1, 0.15) is 0 Å². The molecule has 0 heterocycles. The van der Waals surface area contributed by atoms with Gasteiger partial charge in [0.2, 0.25) is 0 Å². The van der Waals surface area contributed by atoms with Gasteiger partial charge in [0.05, 0.1) is 0 Å². The first-order valence-electron chi connectivity index (χ1n) is 2.85. The molecule has 0 bridgehead atoms. The fourth-order valence-corrected chi connectivity index (χ4v) is 1.48. The first-order chi connectivity index (χ1) is 5.39. The molecule has 12 heavy (non-hydrogen) atoms. The molecule has 0 saturated carbocycles. The van der Waals surface area contributed by atoms with E-state index >= 15 is 0 Å². The van der Waals surface area contributed by atoms with E-state index in [2.05, 4.69) is 6.07 Å². The van der Waals surface area contributed by atoms with E-state index in [9.17, 15) is 8.42 Å². The lowest BCUT2D eigenvalue weighted by Crippen LogP contribution is -1.99. The van der Waals surface area contributed by atoms with Crippen LogP contribution in [0.5, 0.6) is 0 Å². The van der Waals surface area contributed by atoms with E-state index in [1.165, 1.54) is 6.07 Å². The minimum atomic E-state index is -4.27. The maximum Gasteiger partial charge on any atom is 0.295 e. The van der Waals surface area contributed by atoms with Gasteiger partial charge in [-0.2, -0.15) is 8.42 Å². The lowest BCUT2D eigenvalue weighted by Gasteiger charge is -1.98. The molecule has 0 aliphatic rings. The first-order valence-corrected chi connectivity index (χ1v) is 4.67. The SMILES string of the molecule is Nc1[c]c(S(=O)(=O)O)cc(Cl)c1. The van der Waals surface area contributed by atoms with Crippen LogP contribution in [0.3, 0.4) is 0 Å². The van der Waals surface area contributed by atoms with E-state index in [1.54, 1.807) is 0 Å². The van der Waals surface area contributed by atoms with Crippen LogP contribution >= 0.6 is 11.6 Å². The second kappa shape index (κ2) is 2.93. The number of nitrogen functional groups attached to an aromatic ring is 1. The Labute approximate surface area is 74.7 Å². The standard InChI is InChI=1S/C6H5ClNO3S/c7-4-1-5(8)3-6(2-4)12(9,10)11/h1-2H,8H2,(H,9,10,11). The maximum absolute atomic E-state index is 10.5. The summed E-state index contributed by atoms with van der Waals surface area (Å²) in [5.41, 5.74) is 5.31. The molecule has 0 spiro atoms. The Kier molecular flexibility index (Phi) is 2.27. The fraction of sp³-hybridized carbons (Fsp3) is 0. The second-order valence-electron chi connectivity index (χ2n) is 2.09. The van der Waals surface area contributed by atoms with Crippen molar-refractivity contribution in [2.24, 2.45) is 0 Å². The number of hydrogen-bond acceptors (Lipinski definition) is 3. The molecule has 0 saturated heterocycles. The van der Waals surface area contributed by atoms with Crippen LogP contribution in [-0.4, -0.2) is 13.0 Å². The zero-order valence-corrected chi connectivity index (χ0v) is 7.35. The highest BCUT2D eigenvalue weighted by molar-refractivity contribution is 7.85. The zero-order chi connectivity index (χ0) is 9.35. The van der Waals surface area contributed by atoms with Crippen molar-refractivity contribution in [3.8, 4) is 0 Å². The molecule has 0 aliphatic heterocycles. The monoisotopic (exact) mass is 206 g/mol. The smallest absolute Gasteiger partial charge is 0.295 e. The molecule has 1 rings (SSSR count). The van der Waals surface area contributed by atoms with Crippen LogP contribution < -0.4 is 5.73 Å². The summed E-state index contributed by atoms with van der Waals surface area (Å²) < 4.78 is 29.7. The highest BCUT2D eigenvalue weighted by Crippen LogP contribution is 2.18. The van der Waals surface area contributed by atoms with Crippen LogP contribution in [0.15, 0.2) is 17.0 Å². The largest absolute Gasteiger partial charge is 0.398 e. The third kappa shape index (κ3) is 2.10. The van der Waals surface area contributed by atoms with Gasteiger partial charge in [0, 0.05) is 16.8 Å². The number of halogens is 1. The average Bonchev–Trinajstić information content (AvgIpc) is 1.82. The van der Waals surface area contributed by atoms with Gasteiger partial charge in [-0.25, -0.2) is 0 Å². The van der Waals surface area contributed by atoms with E-state index in [1.807, 2.05) is 0 Å². The van der Waals surface area contributed by atoms with Crippen molar-refractivity contribution in [1.29, 1.82) is 0 Å². The average molecular weight is 207 g/mol. The summed E-state index contributed by atoms with van der Waals surface area (Å²) in [4.78, 5) is -0.424. The minimum Gasteiger partial charge on any atom is -0.398 e. The molecule has 0 aromatic heterocycles. The van der Waals surface area contributed by atoms with Crippen molar-refractivity contribution in [3.05, 3.63) is 23.2 Å². The van der Waals surface area contributed by atoms with Gasteiger partial charge in [0.1, 0.15) is 4.90 Å². The molecule has 6 heteroatoms. The summed E-state index contributed by atoms with van der Waals surface area (Å²) in [5.74, 6) is 0. The molecule has 1 aromatic carbocycles. The Hall–Kier alpha value is -0.780. The van der Waals surface area contributed by atoms with Gasteiger partial charge >= 0.3 is 0 Å². The van der Waals surface area contributed by atoms with Gasteiger partial charge in [-0.1, -0.05) is 11.6 Å². The predicted octanol–water partition coefficient (Wildman–Crippen LogP) is 0.969. The Bertz CT molecular complexity index is 381. The molecule has 0 amide bonds. The highest BCUT2D eigenvalue weighted by Gasteiger charge is 2.10. The lowest BCUT2D eigenvalue weighted by molar-refractivity contribution is 0.483. The van der Waals surface area contributed by atoms with Crippen molar-refractivity contribution < 1.29 is 13.0 Å². The van der Waals surface area contributed by atoms with Crippen molar-refractivity contribution in [2.75, 3.05) is 5.73 Å². The van der Waals surface area contributed by atoms with Gasteiger partial charge in [-0.3, -0.25) is 4.55 Å². The number of benzene rings is 1. The van der Waals surface area contributed by atoms with Crippen LogP contribution in [0, 0.1) is 6.07 Å². The lowest BCUT2D eigenvalue weighted by atomic mass is 10.3. The molecule has 0 aliphatic carbocycles. The van der Waals surface area contributed by atoms with Crippen LogP contribution in [0.25, 0.3) is 0 Å². The van der Waals surface area contributed by atoms with E-state index in [4.69, 9.17) is 21.9 Å². The van der Waals surface area contributed by atoms with Gasteiger partial charge in [0.25, 0.3) is 10.1 Å². The zero-order valence-electron chi connectivity index (χ0n) is 5.78. The molecule has 1 radical (unpaired) electrons. The van der Waals surface area contributed by atoms with E-state index in [0.29, 0.717) is 0 Å². The third-order valence-electron chi connectivity index (χ3n) is 1.11. The van der Waals surface area contributed by atoms with Gasteiger partial charge in [-0.05, 0) is 12.1 Å². The Balaban J connectivity index is 3.37. The fourth-order valence-electron chi connectivity index (χ4n) is 0.669. The maximum atomic E-state index is 10.5.